The highest BCUT2D eigenvalue weighted by Crippen LogP contribution is 2.17. The number of aliphatic imine (C=N–C) groups is 1. The molecule has 0 fully saturated rings. The summed E-state index contributed by atoms with van der Waals surface area (Å²) in [5, 5.41) is 11.9. The maximum absolute atomic E-state index is 11.8. The zero-order valence-electron chi connectivity index (χ0n) is 14.5. The Balaban J connectivity index is 0.00000312. The lowest BCUT2D eigenvalue weighted by Crippen LogP contribution is -2.42. The SMILES string of the molecule is CN=C(NCC(=O)NCc1ccco1)NCc1nc(C(C)C)cs1.I. The summed E-state index contributed by atoms with van der Waals surface area (Å²) in [6, 6.07) is 3.60. The summed E-state index contributed by atoms with van der Waals surface area (Å²) in [5.74, 6) is 1.57. The van der Waals surface area contributed by atoms with Crippen molar-refractivity contribution in [1.82, 2.24) is 20.9 Å². The van der Waals surface area contributed by atoms with E-state index >= 15 is 0 Å². The summed E-state index contributed by atoms with van der Waals surface area (Å²) in [7, 11) is 1.66. The Bertz CT molecular complexity index is 670. The van der Waals surface area contributed by atoms with Crippen LogP contribution in [0.3, 0.4) is 0 Å². The molecule has 2 heterocycles. The summed E-state index contributed by atoms with van der Waals surface area (Å²) >= 11 is 1.62. The number of rotatable bonds is 7. The largest absolute Gasteiger partial charge is 0.467 e. The minimum absolute atomic E-state index is 0. The van der Waals surface area contributed by atoms with Gasteiger partial charge in [0.15, 0.2) is 5.96 Å². The number of hydrogen-bond donors (Lipinski definition) is 3. The fourth-order valence-corrected chi connectivity index (χ4v) is 2.77. The van der Waals surface area contributed by atoms with Gasteiger partial charge in [0, 0.05) is 12.4 Å². The molecule has 2 aromatic rings. The van der Waals surface area contributed by atoms with Gasteiger partial charge in [-0.05, 0) is 18.1 Å². The van der Waals surface area contributed by atoms with Crippen molar-refractivity contribution in [2.24, 2.45) is 4.99 Å². The molecule has 1 amide bonds. The quantitative estimate of drug-likeness (QED) is 0.324. The number of amides is 1. The molecule has 0 aliphatic rings. The van der Waals surface area contributed by atoms with Crippen LogP contribution in [0, 0.1) is 0 Å². The monoisotopic (exact) mass is 477 g/mol. The number of aromatic nitrogens is 1. The fraction of sp³-hybridized carbons (Fsp3) is 0.438. The Hall–Kier alpha value is -1.62. The van der Waals surface area contributed by atoms with Gasteiger partial charge in [0.25, 0.3) is 0 Å². The van der Waals surface area contributed by atoms with Crippen LogP contribution in [0.1, 0.15) is 36.2 Å². The molecule has 0 radical (unpaired) electrons. The highest BCUT2D eigenvalue weighted by molar-refractivity contribution is 14.0. The maximum atomic E-state index is 11.8. The number of carbonyl (C=O) groups is 1. The molecule has 0 saturated heterocycles. The highest BCUT2D eigenvalue weighted by Gasteiger charge is 2.07. The van der Waals surface area contributed by atoms with Crippen LogP contribution < -0.4 is 16.0 Å². The van der Waals surface area contributed by atoms with Gasteiger partial charge in [-0.2, -0.15) is 0 Å². The van der Waals surface area contributed by atoms with Gasteiger partial charge in [0.05, 0.1) is 31.6 Å². The third kappa shape index (κ3) is 7.43. The van der Waals surface area contributed by atoms with Crippen molar-refractivity contribution in [2.45, 2.75) is 32.9 Å². The maximum Gasteiger partial charge on any atom is 0.239 e. The summed E-state index contributed by atoms with van der Waals surface area (Å²) in [5.41, 5.74) is 1.09. The lowest BCUT2D eigenvalue weighted by molar-refractivity contribution is -0.120. The van der Waals surface area contributed by atoms with Crippen molar-refractivity contribution in [3.05, 3.63) is 40.2 Å². The van der Waals surface area contributed by atoms with Gasteiger partial charge in [-0.3, -0.25) is 9.79 Å². The first kappa shape index (κ1) is 21.4. The van der Waals surface area contributed by atoms with Crippen molar-refractivity contribution >= 4 is 47.2 Å². The van der Waals surface area contributed by atoms with Crippen LogP contribution in [0.4, 0.5) is 0 Å². The molecule has 25 heavy (non-hydrogen) atoms. The van der Waals surface area contributed by atoms with Crippen molar-refractivity contribution in [3.63, 3.8) is 0 Å². The first-order chi connectivity index (χ1) is 11.6. The van der Waals surface area contributed by atoms with Crippen LogP contribution in [-0.2, 0) is 17.9 Å². The van der Waals surface area contributed by atoms with Crippen molar-refractivity contribution in [1.29, 1.82) is 0 Å². The van der Waals surface area contributed by atoms with E-state index in [-0.39, 0.29) is 36.4 Å². The average molecular weight is 477 g/mol. The molecule has 0 spiro atoms. The first-order valence-corrected chi connectivity index (χ1v) is 8.64. The van der Waals surface area contributed by atoms with E-state index in [4.69, 9.17) is 4.42 Å². The van der Waals surface area contributed by atoms with E-state index in [2.05, 4.69) is 45.2 Å². The molecule has 138 valence electrons. The van der Waals surface area contributed by atoms with Crippen LogP contribution in [-0.4, -0.2) is 30.4 Å². The Kier molecular flexibility index (Phi) is 9.50. The zero-order valence-corrected chi connectivity index (χ0v) is 17.7. The Morgan fingerprint density at radius 3 is 2.72 bits per heavy atom. The third-order valence-corrected chi connectivity index (χ3v) is 4.12. The second kappa shape index (κ2) is 11.1. The van der Waals surface area contributed by atoms with E-state index in [0.717, 1.165) is 16.5 Å². The number of guanidine groups is 1. The van der Waals surface area contributed by atoms with Crippen LogP contribution >= 0.6 is 35.3 Å². The molecule has 2 rings (SSSR count). The Morgan fingerprint density at radius 1 is 1.32 bits per heavy atom. The molecule has 0 aliphatic carbocycles. The predicted octanol–water partition coefficient (Wildman–Crippen LogP) is 2.46. The number of thiazole rings is 1. The van der Waals surface area contributed by atoms with Crippen LogP contribution in [0.25, 0.3) is 0 Å². The fourth-order valence-electron chi connectivity index (χ4n) is 1.88. The molecular weight excluding hydrogens is 453 g/mol. The molecule has 0 atom stereocenters. The van der Waals surface area contributed by atoms with E-state index in [0.29, 0.717) is 25.0 Å². The zero-order chi connectivity index (χ0) is 17.4. The van der Waals surface area contributed by atoms with E-state index in [1.165, 1.54) is 0 Å². The first-order valence-electron chi connectivity index (χ1n) is 7.76. The van der Waals surface area contributed by atoms with Gasteiger partial charge >= 0.3 is 0 Å². The molecular formula is C16H24IN5O2S. The van der Waals surface area contributed by atoms with Gasteiger partial charge < -0.3 is 20.4 Å². The van der Waals surface area contributed by atoms with Crippen LogP contribution in [0.15, 0.2) is 33.2 Å². The number of furan rings is 1. The minimum Gasteiger partial charge on any atom is -0.467 e. The van der Waals surface area contributed by atoms with Crippen molar-refractivity contribution < 1.29 is 9.21 Å². The second-order valence-corrected chi connectivity index (χ2v) is 6.40. The summed E-state index contributed by atoms with van der Waals surface area (Å²) in [6.07, 6.45) is 1.58. The van der Waals surface area contributed by atoms with Crippen LogP contribution in [0.2, 0.25) is 0 Å². The molecule has 9 heteroatoms. The van der Waals surface area contributed by atoms with Crippen molar-refractivity contribution in [3.8, 4) is 0 Å². The van der Waals surface area contributed by atoms with Gasteiger partial charge in [-0.25, -0.2) is 4.98 Å². The molecule has 0 aliphatic heterocycles. The van der Waals surface area contributed by atoms with Gasteiger partial charge in [-0.15, -0.1) is 35.3 Å². The number of nitrogens with one attached hydrogen (secondary N) is 3. The molecule has 0 aromatic carbocycles. The Morgan fingerprint density at radius 2 is 2.12 bits per heavy atom. The molecule has 0 bridgehead atoms. The molecule has 0 unspecified atom stereocenters. The lowest BCUT2D eigenvalue weighted by atomic mass is 10.2. The standard InChI is InChI=1S/C16H23N5O2S.HI/c1-11(2)13-10-24-15(21-13)9-20-16(17-3)19-8-14(22)18-7-12-5-4-6-23-12;/h4-6,10-11H,7-9H2,1-3H3,(H,18,22)(H2,17,19,20);1H. The number of hydrogen-bond acceptors (Lipinski definition) is 5. The smallest absolute Gasteiger partial charge is 0.239 e. The molecule has 7 nitrogen and oxygen atoms in total. The predicted molar refractivity (Wildman–Crippen MR) is 110 cm³/mol. The topological polar surface area (TPSA) is 91.5 Å². The normalized spacial score (nSPS) is 11.1. The number of nitrogens with zero attached hydrogens (tertiary/aromatic N) is 2. The van der Waals surface area contributed by atoms with E-state index in [9.17, 15) is 4.79 Å². The number of halogens is 1. The summed E-state index contributed by atoms with van der Waals surface area (Å²) < 4.78 is 5.16. The van der Waals surface area contributed by atoms with Gasteiger partial charge in [0.2, 0.25) is 5.91 Å². The molecule has 0 saturated carbocycles. The Labute approximate surface area is 168 Å². The third-order valence-electron chi connectivity index (χ3n) is 3.25. The van der Waals surface area contributed by atoms with Gasteiger partial charge in [-0.1, -0.05) is 13.8 Å². The second-order valence-electron chi connectivity index (χ2n) is 5.46. The van der Waals surface area contributed by atoms with E-state index in [1.807, 2.05) is 6.07 Å². The van der Waals surface area contributed by atoms with Crippen molar-refractivity contribution in [2.75, 3.05) is 13.6 Å². The number of carbonyl (C=O) groups excluding carboxylic acids is 1. The summed E-state index contributed by atoms with van der Waals surface area (Å²) in [4.78, 5) is 20.5. The van der Waals surface area contributed by atoms with E-state index < -0.39 is 0 Å². The van der Waals surface area contributed by atoms with Crippen LogP contribution in [0.5, 0.6) is 0 Å². The molecule has 2 aromatic heterocycles. The minimum atomic E-state index is -0.134. The van der Waals surface area contributed by atoms with Gasteiger partial charge in [0.1, 0.15) is 10.8 Å². The molecule has 3 N–H and O–H groups in total. The van der Waals surface area contributed by atoms with E-state index in [1.54, 1.807) is 30.7 Å². The average Bonchev–Trinajstić information content (AvgIpc) is 3.24. The lowest BCUT2D eigenvalue weighted by Gasteiger charge is -2.10. The highest BCUT2D eigenvalue weighted by atomic mass is 127. The summed E-state index contributed by atoms with van der Waals surface area (Å²) in [6.45, 7) is 5.32.